The number of aliphatic carboxylic acids is 1. The van der Waals surface area contributed by atoms with Crippen LogP contribution in [0.4, 0.5) is 0 Å². The fraction of sp³-hybridized carbons (Fsp3) is 0.391. The van der Waals surface area contributed by atoms with Gasteiger partial charge in [-0.15, -0.1) is 11.8 Å². The summed E-state index contributed by atoms with van der Waals surface area (Å²) in [5.41, 5.74) is 2.13. The number of H-pyrrole nitrogens is 2. The average Bonchev–Trinajstić information content (AvgIpc) is 3.57. The van der Waals surface area contributed by atoms with Gasteiger partial charge < -0.3 is 15.1 Å². The highest BCUT2D eigenvalue weighted by atomic mass is 32.2. The van der Waals surface area contributed by atoms with Crippen molar-refractivity contribution in [3.05, 3.63) is 50.6 Å². The maximum absolute atomic E-state index is 13.2. The van der Waals surface area contributed by atoms with Crippen LogP contribution >= 0.6 is 23.1 Å². The van der Waals surface area contributed by atoms with Crippen molar-refractivity contribution in [1.29, 1.82) is 0 Å². The second-order valence-corrected chi connectivity index (χ2v) is 11.6. The Morgan fingerprint density at radius 1 is 1.12 bits per heavy atom. The summed E-state index contributed by atoms with van der Waals surface area (Å²) in [4.78, 5) is 58.2. The molecule has 2 bridgehead atoms. The van der Waals surface area contributed by atoms with E-state index in [9.17, 15) is 24.3 Å². The number of thioether (sulfide) groups is 1. The van der Waals surface area contributed by atoms with E-state index in [2.05, 4.69) is 16.0 Å². The molecule has 7 unspecified atom stereocenters. The Morgan fingerprint density at radius 2 is 1.88 bits per heavy atom. The second-order valence-electron chi connectivity index (χ2n) is 9.41. The van der Waals surface area contributed by atoms with Crippen LogP contribution in [-0.4, -0.2) is 49.6 Å². The van der Waals surface area contributed by atoms with Crippen LogP contribution in [0.15, 0.2) is 40.3 Å². The van der Waals surface area contributed by atoms with E-state index >= 15 is 0 Å². The molecule has 3 fully saturated rings. The molecule has 4 heterocycles. The predicted molar refractivity (Wildman–Crippen MR) is 121 cm³/mol. The second kappa shape index (κ2) is 6.60. The monoisotopic (exact) mass is 481 g/mol. The minimum Gasteiger partial charge on any atom is -0.480 e. The number of aromatic amines is 2. The van der Waals surface area contributed by atoms with Gasteiger partial charge in [0.05, 0.1) is 16.9 Å². The lowest BCUT2D eigenvalue weighted by Crippen LogP contribution is -2.42. The van der Waals surface area contributed by atoms with Gasteiger partial charge in [-0.05, 0) is 35.8 Å². The molecule has 0 radical (unpaired) electrons. The highest BCUT2D eigenvalue weighted by Gasteiger charge is 2.69. The van der Waals surface area contributed by atoms with E-state index in [0.717, 1.165) is 37.7 Å². The molecule has 2 aliphatic carbocycles. The average molecular weight is 482 g/mol. The summed E-state index contributed by atoms with van der Waals surface area (Å²) in [5.74, 6) is -2.75. The number of aromatic nitrogens is 2. The molecule has 3 aromatic rings. The van der Waals surface area contributed by atoms with Crippen molar-refractivity contribution >= 4 is 51.8 Å². The van der Waals surface area contributed by atoms with Gasteiger partial charge in [-0.1, -0.05) is 29.5 Å². The Labute approximate surface area is 195 Å². The molecule has 1 aromatic carbocycles. The number of hydrogen-bond acceptors (Lipinski definition) is 6. The van der Waals surface area contributed by atoms with E-state index in [1.807, 2.05) is 24.4 Å². The first-order valence-corrected chi connectivity index (χ1v) is 12.7. The lowest BCUT2D eigenvalue weighted by molar-refractivity contribution is -0.149. The van der Waals surface area contributed by atoms with Crippen molar-refractivity contribution in [2.24, 2.45) is 29.6 Å². The number of nitrogens with one attached hydrogen (secondary N) is 2. The maximum atomic E-state index is 13.2. The molecule has 10 heteroatoms. The van der Waals surface area contributed by atoms with Crippen molar-refractivity contribution in [3.63, 3.8) is 0 Å². The van der Waals surface area contributed by atoms with Crippen LogP contribution in [0.5, 0.6) is 0 Å². The minimum absolute atomic E-state index is 0.00509. The summed E-state index contributed by atoms with van der Waals surface area (Å²) in [7, 11) is 0. The van der Waals surface area contributed by atoms with Crippen LogP contribution in [0.2, 0.25) is 0 Å². The quantitative estimate of drug-likeness (QED) is 0.494. The smallest absolute Gasteiger partial charge is 0.323 e. The number of fused-ring (bicyclic) bond motifs is 10. The van der Waals surface area contributed by atoms with Gasteiger partial charge in [0.2, 0.25) is 11.8 Å². The first kappa shape index (κ1) is 19.6. The SMILES string of the molecule is O=C(O)CN1C(=O)C2C3CC(C2C1=O)C1C(c2c[nH]c4ccccc24)c2sc(=O)[nH]c2SC31. The van der Waals surface area contributed by atoms with Gasteiger partial charge in [0.15, 0.2) is 0 Å². The highest BCUT2D eigenvalue weighted by Crippen LogP contribution is 2.68. The molecule has 33 heavy (non-hydrogen) atoms. The number of benzene rings is 1. The standard InChI is InChI=1S/C23H19N3O5S2/c27-13(28)7-26-21(29)16-9-5-10(17(16)22(26)30)18-14(9)15(19-20(32-18)25-23(31)33-19)11-6-24-12-4-2-1-3-8(11)12/h1-4,6,9-10,14-18,24H,5,7H2,(H,25,31)(H,27,28). The lowest BCUT2D eigenvalue weighted by atomic mass is 9.68. The third kappa shape index (κ3) is 2.48. The number of carbonyl (C=O) groups is 3. The number of amides is 2. The number of likely N-dealkylation sites (tertiary alicyclic amines) is 1. The molecule has 7 rings (SSSR count). The first-order chi connectivity index (χ1) is 15.9. The van der Waals surface area contributed by atoms with Crippen LogP contribution in [0.25, 0.3) is 10.9 Å². The Hall–Kier alpha value is -2.85. The maximum Gasteiger partial charge on any atom is 0.323 e. The Bertz CT molecular complexity index is 1420. The molecule has 7 atom stereocenters. The van der Waals surface area contributed by atoms with E-state index in [0.29, 0.717) is 0 Å². The normalized spacial score (nSPS) is 34.1. The number of rotatable bonds is 3. The Morgan fingerprint density at radius 3 is 2.67 bits per heavy atom. The Balaban J connectivity index is 1.38. The number of carbonyl (C=O) groups excluding carboxylic acids is 2. The van der Waals surface area contributed by atoms with Crippen molar-refractivity contribution < 1.29 is 19.5 Å². The van der Waals surface area contributed by atoms with Gasteiger partial charge in [0.1, 0.15) is 6.54 Å². The van der Waals surface area contributed by atoms with E-state index < -0.39 is 24.3 Å². The molecular weight excluding hydrogens is 462 g/mol. The van der Waals surface area contributed by atoms with E-state index in [1.54, 1.807) is 11.8 Å². The van der Waals surface area contributed by atoms with Crippen molar-refractivity contribution in [2.45, 2.75) is 22.6 Å². The molecule has 0 spiro atoms. The number of carboxylic acid groups (broad SMARTS) is 1. The molecule has 3 N–H and O–H groups in total. The van der Waals surface area contributed by atoms with E-state index in [1.165, 1.54) is 11.3 Å². The van der Waals surface area contributed by atoms with Crippen LogP contribution < -0.4 is 4.87 Å². The molecule has 2 amide bonds. The summed E-state index contributed by atoms with van der Waals surface area (Å²) in [5, 5.41) is 11.3. The van der Waals surface area contributed by atoms with E-state index in [-0.39, 0.29) is 45.6 Å². The topological polar surface area (TPSA) is 123 Å². The van der Waals surface area contributed by atoms with Gasteiger partial charge in [-0.3, -0.25) is 24.1 Å². The predicted octanol–water partition coefficient (Wildman–Crippen LogP) is 2.48. The molecule has 2 saturated carbocycles. The molecule has 1 saturated heterocycles. The fourth-order valence-electron chi connectivity index (χ4n) is 7.07. The molecule has 4 aliphatic rings. The van der Waals surface area contributed by atoms with Gasteiger partial charge in [0.25, 0.3) is 0 Å². The molecule has 8 nitrogen and oxygen atoms in total. The number of para-hydroxylation sites is 1. The number of carboxylic acids is 1. The lowest BCUT2D eigenvalue weighted by Gasteiger charge is -2.42. The first-order valence-electron chi connectivity index (χ1n) is 11.0. The summed E-state index contributed by atoms with van der Waals surface area (Å²) in [6.45, 7) is -0.570. The number of thiazole rings is 1. The zero-order valence-electron chi connectivity index (χ0n) is 17.2. The molecule has 2 aliphatic heterocycles. The summed E-state index contributed by atoms with van der Waals surface area (Å²) in [6.07, 6.45) is 2.80. The largest absolute Gasteiger partial charge is 0.480 e. The van der Waals surface area contributed by atoms with Gasteiger partial charge in [-0.25, -0.2) is 0 Å². The van der Waals surface area contributed by atoms with E-state index in [4.69, 9.17) is 0 Å². The van der Waals surface area contributed by atoms with Crippen LogP contribution in [0.3, 0.4) is 0 Å². The van der Waals surface area contributed by atoms with Gasteiger partial charge in [0, 0.05) is 33.1 Å². The van der Waals surface area contributed by atoms with Crippen molar-refractivity contribution in [2.75, 3.05) is 6.54 Å². The Kier molecular flexibility index (Phi) is 3.92. The molecular formula is C23H19N3O5S2. The number of nitrogens with zero attached hydrogens (tertiary/aromatic N) is 1. The number of hydrogen-bond donors (Lipinski definition) is 3. The minimum atomic E-state index is -1.17. The summed E-state index contributed by atoms with van der Waals surface area (Å²) in [6, 6.07) is 8.06. The third-order valence-corrected chi connectivity index (χ3v) is 10.7. The molecule has 2 aromatic heterocycles. The van der Waals surface area contributed by atoms with Gasteiger partial charge in [-0.2, -0.15) is 0 Å². The van der Waals surface area contributed by atoms with Crippen molar-refractivity contribution in [3.8, 4) is 0 Å². The fourth-order valence-corrected chi connectivity index (χ4v) is 9.95. The summed E-state index contributed by atoms with van der Waals surface area (Å²) < 4.78 is 0. The van der Waals surface area contributed by atoms with Crippen LogP contribution in [-0.2, 0) is 14.4 Å². The van der Waals surface area contributed by atoms with Crippen molar-refractivity contribution in [1.82, 2.24) is 14.9 Å². The van der Waals surface area contributed by atoms with Crippen LogP contribution in [0, 0.1) is 29.6 Å². The highest BCUT2D eigenvalue weighted by molar-refractivity contribution is 8.00. The van der Waals surface area contributed by atoms with Crippen LogP contribution in [0.1, 0.15) is 22.8 Å². The zero-order valence-corrected chi connectivity index (χ0v) is 18.8. The third-order valence-electron chi connectivity index (χ3n) is 8.06. The molecule has 168 valence electrons. The number of imide groups is 1. The zero-order chi connectivity index (χ0) is 22.6. The summed E-state index contributed by atoms with van der Waals surface area (Å²) >= 11 is 2.86. The van der Waals surface area contributed by atoms with Gasteiger partial charge >= 0.3 is 10.8 Å².